The van der Waals surface area contributed by atoms with E-state index in [-0.39, 0.29) is 5.82 Å². The highest BCUT2D eigenvalue weighted by molar-refractivity contribution is 9.10. The first kappa shape index (κ1) is 14.5. The van der Waals surface area contributed by atoms with E-state index in [4.69, 9.17) is 18.0 Å². The number of hydrogen-bond acceptors (Lipinski definition) is 2. The molecule has 1 aromatic rings. The first-order valence-electron chi connectivity index (χ1n) is 5.47. The van der Waals surface area contributed by atoms with Crippen LogP contribution in [0.25, 0.3) is 0 Å². The van der Waals surface area contributed by atoms with Crippen molar-refractivity contribution in [3.63, 3.8) is 0 Å². The summed E-state index contributed by atoms with van der Waals surface area (Å²) >= 11 is 8.28. The number of nitrogens with zero attached hydrogens (tertiary/aromatic N) is 1. The Morgan fingerprint density at radius 1 is 1.53 bits per heavy atom. The molecule has 0 radical (unpaired) electrons. The van der Waals surface area contributed by atoms with Gasteiger partial charge in [0.25, 0.3) is 0 Å². The molecule has 1 rings (SSSR count). The summed E-state index contributed by atoms with van der Waals surface area (Å²) in [6, 6.07) is 4.72. The maximum Gasteiger partial charge on any atom is 0.124 e. The first-order valence-corrected chi connectivity index (χ1v) is 6.67. The second kappa shape index (κ2) is 7.03. The van der Waals surface area contributed by atoms with Crippen LogP contribution in [-0.2, 0) is 6.54 Å². The Kier molecular flexibility index (Phi) is 6.02. The summed E-state index contributed by atoms with van der Waals surface area (Å²) in [6.07, 6.45) is 1.03. The molecule has 5 heteroatoms. The minimum Gasteiger partial charge on any atom is -0.392 e. The number of benzene rings is 1. The number of nitrogens with two attached hydrogens (primary N) is 1. The van der Waals surface area contributed by atoms with Crippen molar-refractivity contribution in [3.8, 4) is 0 Å². The standard InChI is InChI=1S/C12H16BrFN2S/c1-2-5-16(8-12(15)17)7-9-3-4-10(14)6-11(9)13/h3-4,6H,2,5,7-8H2,1H3,(H2,15,17). The number of rotatable bonds is 6. The van der Waals surface area contributed by atoms with Crippen molar-refractivity contribution in [2.24, 2.45) is 5.73 Å². The van der Waals surface area contributed by atoms with Crippen molar-refractivity contribution in [1.82, 2.24) is 4.90 Å². The Balaban J connectivity index is 2.74. The third-order valence-corrected chi connectivity index (χ3v) is 3.20. The second-order valence-electron chi connectivity index (χ2n) is 3.91. The zero-order valence-corrected chi connectivity index (χ0v) is 12.2. The zero-order chi connectivity index (χ0) is 12.8. The molecule has 0 heterocycles. The van der Waals surface area contributed by atoms with Crippen LogP contribution >= 0.6 is 28.1 Å². The van der Waals surface area contributed by atoms with Crippen LogP contribution in [0.1, 0.15) is 18.9 Å². The van der Waals surface area contributed by atoms with Gasteiger partial charge in [-0.3, -0.25) is 4.90 Å². The molecule has 0 fully saturated rings. The predicted octanol–water partition coefficient (Wildman–Crippen LogP) is 3.09. The van der Waals surface area contributed by atoms with Gasteiger partial charge in [0.1, 0.15) is 5.82 Å². The molecular formula is C12H16BrFN2S. The summed E-state index contributed by atoms with van der Waals surface area (Å²) in [5, 5.41) is 0. The van der Waals surface area contributed by atoms with Gasteiger partial charge in [0, 0.05) is 17.6 Å². The number of thiocarbonyl (C=S) groups is 1. The monoisotopic (exact) mass is 318 g/mol. The molecule has 0 aromatic heterocycles. The number of halogens is 2. The molecule has 0 atom stereocenters. The fourth-order valence-corrected chi connectivity index (χ4v) is 2.30. The molecule has 0 saturated carbocycles. The molecule has 2 N–H and O–H groups in total. The molecular weight excluding hydrogens is 303 g/mol. The minimum absolute atomic E-state index is 0.239. The Morgan fingerprint density at radius 3 is 2.76 bits per heavy atom. The highest BCUT2D eigenvalue weighted by Gasteiger charge is 2.09. The molecule has 2 nitrogen and oxygen atoms in total. The summed E-state index contributed by atoms with van der Waals surface area (Å²) in [5.41, 5.74) is 6.60. The maximum atomic E-state index is 13.0. The van der Waals surface area contributed by atoms with Gasteiger partial charge >= 0.3 is 0 Å². The topological polar surface area (TPSA) is 29.3 Å². The molecule has 0 aliphatic heterocycles. The largest absolute Gasteiger partial charge is 0.392 e. The van der Waals surface area contributed by atoms with Crippen LogP contribution in [0.2, 0.25) is 0 Å². The molecule has 94 valence electrons. The third kappa shape index (κ3) is 5.10. The Labute approximate surface area is 115 Å². The predicted molar refractivity (Wildman–Crippen MR) is 76.5 cm³/mol. The van der Waals surface area contributed by atoms with Crippen LogP contribution in [0.5, 0.6) is 0 Å². The molecule has 0 unspecified atom stereocenters. The smallest absolute Gasteiger partial charge is 0.124 e. The summed E-state index contributed by atoms with van der Waals surface area (Å²) in [4.78, 5) is 2.64. The number of hydrogen-bond donors (Lipinski definition) is 1. The van der Waals surface area contributed by atoms with E-state index >= 15 is 0 Å². The molecule has 0 bridgehead atoms. The van der Waals surface area contributed by atoms with Crippen molar-refractivity contribution in [1.29, 1.82) is 0 Å². The van der Waals surface area contributed by atoms with E-state index in [9.17, 15) is 4.39 Å². The molecule has 0 spiro atoms. The van der Waals surface area contributed by atoms with Gasteiger partial charge in [-0.2, -0.15) is 0 Å². The minimum atomic E-state index is -0.239. The fraction of sp³-hybridized carbons (Fsp3) is 0.417. The molecule has 0 aliphatic rings. The fourth-order valence-electron chi connectivity index (χ4n) is 1.64. The molecule has 0 aliphatic carbocycles. The lowest BCUT2D eigenvalue weighted by Gasteiger charge is -2.21. The van der Waals surface area contributed by atoms with Crippen LogP contribution in [0.15, 0.2) is 22.7 Å². The molecule has 1 aromatic carbocycles. The first-order chi connectivity index (χ1) is 8.02. The van der Waals surface area contributed by atoms with Crippen molar-refractivity contribution >= 4 is 33.1 Å². The van der Waals surface area contributed by atoms with Gasteiger partial charge in [0.2, 0.25) is 0 Å². The van der Waals surface area contributed by atoms with Crippen LogP contribution in [0, 0.1) is 5.82 Å². The van der Waals surface area contributed by atoms with E-state index < -0.39 is 0 Å². The highest BCUT2D eigenvalue weighted by atomic mass is 79.9. The quantitative estimate of drug-likeness (QED) is 0.817. The lowest BCUT2D eigenvalue weighted by atomic mass is 10.2. The van der Waals surface area contributed by atoms with E-state index in [1.54, 1.807) is 6.07 Å². The summed E-state index contributed by atoms with van der Waals surface area (Å²) in [7, 11) is 0. The van der Waals surface area contributed by atoms with Gasteiger partial charge in [-0.1, -0.05) is 41.1 Å². The Morgan fingerprint density at radius 2 is 2.24 bits per heavy atom. The Bertz CT molecular complexity index is 398. The van der Waals surface area contributed by atoms with Gasteiger partial charge in [0.15, 0.2) is 0 Å². The molecule has 17 heavy (non-hydrogen) atoms. The van der Waals surface area contributed by atoms with E-state index in [1.807, 2.05) is 0 Å². The summed E-state index contributed by atoms with van der Waals surface area (Å²) < 4.78 is 13.7. The van der Waals surface area contributed by atoms with E-state index in [0.717, 1.165) is 23.0 Å². The Hall–Kier alpha value is -0.520. The van der Waals surface area contributed by atoms with Gasteiger partial charge in [-0.15, -0.1) is 0 Å². The molecule has 0 amide bonds. The highest BCUT2D eigenvalue weighted by Crippen LogP contribution is 2.19. The average Bonchev–Trinajstić information content (AvgIpc) is 2.21. The summed E-state index contributed by atoms with van der Waals surface area (Å²) in [6.45, 7) is 4.33. The van der Waals surface area contributed by atoms with Gasteiger partial charge < -0.3 is 5.73 Å². The maximum absolute atomic E-state index is 13.0. The van der Waals surface area contributed by atoms with Crippen LogP contribution < -0.4 is 5.73 Å². The molecule has 0 saturated heterocycles. The van der Waals surface area contributed by atoms with Crippen molar-refractivity contribution in [3.05, 3.63) is 34.1 Å². The normalized spacial score (nSPS) is 10.8. The van der Waals surface area contributed by atoms with Crippen molar-refractivity contribution in [2.45, 2.75) is 19.9 Å². The van der Waals surface area contributed by atoms with Crippen molar-refractivity contribution < 1.29 is 4.39 Å². The van der Waals surface area contributed by atoms with Gasteiger partial charge in [0.05, 0.1) is 4.99 Å². The van der Waals surface area contributed by atoms with Crippen LogP contribution in [0.4, 0.5) is 4.39 Å². The van der Waals surface area contributed by atoms with Crippen LogP contribution in [0.3, 0.4) is 0 Å². The van der Waals surface area contributed by atoms with E-state index in [0.29, 0.717) is 18.1 Å². The zero-order valence-electron chi connectivity index (χ0n) is 9.75. The van der Waals surface area contributed by atoms with Crippen LogP contribution in [-0.4, -0.2) is 23.0 Å². The van der Waals surface area contributed by atoms with Gasteiger partial charge in [-0.05, 0) is 30.7 Å². The second-order valence-corrected chi connectivity index (χ2v) is 5.29. The van der Waals surface area contributed by atoms with E-state index in [2.05, 4.69) is 27.8 Å². The lowest BCUT2D eigenvalue weighted by molar-refractivity contribution is 0.303. The van der Waals surface area contributed by atoms with Gasteiger partial charge in [-0.25, -0.2) is 4.39 Å². The average molecular weight is 319 g/mol. The van der Waals surface area contributed by atoms with Crippen molar-refractivity contribution in [2.75, 3.05) is 13.1 Å². The third-order valence-electron chi connectivity index (χ3n) is 2.33. The SMILES string of the molecule is CCCN(CC(N)=S)Cc1ccc(F)cc1Br. The summed E-state index contributed by atoms with van der Waals surface area (Å²) in [5.74, 6) is -0.239. The van der Waals surface area contributed by atoms with E-state index in [1.165, 1.54) is 12.1 Å². The lowest BCUT2D eigenvalue weighted by Crippen LogP contribution is -2.33.